The van der Waals surface area contributed by atoms with E-state index in [1.807, 2.05) is 0 Å². The van der Waals surface area contributed by atoms with Gasteiger partial charge in [-0.25, -0.2) is 0 Å². The van der Waals surface area contributed by atoms with Gasteiger partial charge in [0.1, 0.15) is 12.3 Å². The fourth-order valence-electron chi connectivity index (χ4n) is 3.61. The molecule has 3 aromatic heterocycles. The van der Waals surface area contributed by atoms with E-state index in [1.54, 1.807) is 36.6 Å². The zero-order chi connectivity index (χ0) is 27.4. The van der Waals surface area contributed by atoms with Crippen molar-refractivity contribution in [1.82, 2.24) is 0 Å². The lowest BCUT2D eigenvalue weighted by molar-refractivity contribution is -0.904. The number of carbonyl (C=O) groups is 2. The zero-order valence-electron chi connectivity index (χ0n) is 20.0. The van der Waals surface area contributed by atoms with Crippen molar-refractivity contribution in [3.63, 3.8) is 0 Å². The first-order valence-corrected chi connectivity index (χ1v) is 13.1. The van der Waals surface area contributed by atoms with Crippen LogP contribution in [0.3, 0.4) is 0 Å². The minimum Gasteiger partial charge on any atom is -0.506 e. The molecule has 38 heavy (non-hydrogen) atoms. The van der Waals surface area contributed by atoms with Crippen LogP contribution in [0.1, 0.15) is 49.4 Å². The van der Waals surface area contributed by atoms with Crippen LogP contribution in [-0.4, -0.2) is 34.1 Å². The maximum Gasteiger partial charge on any atom is 0.416 e. The van der Waals surface area contributed by atoms with Gasteiger partial charge in [0, 0.05) is 39.9 Å². The van der Waals surface area contributed by atoms with Crippen molar-refractivity contribution < 1.29 is 37.8 Å². The molecule has 0 unspecified atom stereocenters. The predicted molar refractivity (Wildman–Crippen MR) is 139 cm³/mol. The number of aromatic hydroxyl groups is 1. The summed E-state index contributed by atoms with van der Waals surface area (Å²) in [6.45, 7) is 1.45. The van der Waals surface area contributed by atoms with Crippen LogP contribution in [0.2, 0.25) is 0 Å². The van der Waals surface area contributed by atoms with Gasteiger partial charge in [-0.1, -0.05) is 12.1 Å². The SMILES string of the molecule is CC(=NCC(=O)c1ccc(C(=O)CCc2cc[n+](O)cc2)s1)c1csc(-c2ccc(C(F)(F)F)cc2)c1O. The van der Waals surface area contributed by atoms with Gasteiger partial charge >= 0.3 is 6.18 Å². The van der Waals surface area contributed by atoms with Crippen LogP contribution < -0.4 is 4.73 Å². The van der Waals surface area contributed by atoms with Crippen molar-refractivity contribution >= 4 is 40.0 Å². The smallest absolute Gasteiger partial charge is 0.416 e. The Bertz CT molecular complexity index is 1490. The zero-order valence-corrected chi connectivity index (χ0v) is 21.7. The topological polar surface area (TPSA) is 90.8 Å². The molecule has 196 valence electrons. The maximum absolute atomic E-state index is 12.8. The first-order chi connectivity index (χ1) is 18.0. The van der Waals surface area contributed by atoms with Crippen molar-refractivity contribution in [2.75, 3.05) is 6.54 Å². The van der Waals surface area contributed by atoms with Crippen LogP contribution in [0.5, 0.6) is 5.75 Å². The lowest BCUT2D eigenvalue weighted by Gasteiger charge is -2.07. The van der Waals surface area contributed by atoms with E-state index in [2.05, 4.69) is 4.99 Å². The Morgan fingerprint density at radius 1 is 0.974 bits per heavy atom. The van der Waals surface area contributed by atoms with Gasteiger partial charge in [-0.15, -0.1) is 22.7 Å². The second kappa shape index (κ2) is 11.3. The summed E-state index contributed by atoms with van der Waals surface area (Å²) in [6.07, 6.45) is -0.714. The van der Waals surface area contributed by atoms with E-state index in [0.29, 0.717) is 37.9 Å². The van der Waals surface area contributed by atoms with Gasteiger partial charge in [0.25, 0.3) is 0 Å². The lowest BCUT2D eigenvalue weighted by atomic mass is 10.1. The number of aromatic nitrogens is 1. The molecule has 0 radical (unpaired) electrons. The highest BCUT2D eigenvalue weighted by Gasteiger charge is 2.30. The summed E-state index contributed by atoms with van der Waals surface area (Å²) in [5.74, 6) is -0.477. The molecular formula is C27H22F3N2O4S2+. The minimum absolute atomic E-state index is 0.0894. The van der Waals surface area contributed by atoms with E-state index >= 15 is 0 Å². The standard InChI is InChI=1S/C27H21F3N2O4S2/c1-16(20-15-37-26(25(20)35)18-3-5-19(6-4-18)27(28,29)30)31-14-22(34)24-9-8-23(38-24)21(33)7-2-17-10-12-32(36)13-11-17/h3-6,8-13,15H,2,7,14H2,1H3,(H-,35,36)/p+1. The number of Topliss-reactive ketones (excluding diaryl/α,β-unsaturated/α-hetero) is 2. The summed E-state index contributed by atoms with van der Waals surface area (Å²) in [5.41, 5.74) is 1.37. The molecule has 0 spiro atoms. The van der Waals surface area contributed by atoms with Gasteiger partial charge in [0.05, 0.1) is 20.2 Å². The second-order valence-electron chi connectivity index (χ2n) is 8.40. The van der Waals surface area contributed by atoms with Crippen molar-refractivity contribution in [3.05, 3.63) is 92.7 Å². The Hall–Kier alpha value is -3.83. The number of pyridine rings is 1. The molecule has 3 heterocycles. The number of carbonyl (C=O) groups excluding carboxylic acids is 2. The Morgan fingerprint density at radius 3 is 2.24 bits per heavy atom. The number of ketones is 2. The molecule has 0 saturated heterocycles. The second-order valence-corrected chi connectivity index (χ2v) is 10.4. The monoisotopic (exact) mass is 559 g/mol. The maximum atomic E-state index is 12.8. The summed E-state index contributed by atoms with van der Waals surface area (Å²) >= 11 is 2.27. The first-order valence-electron chi connectivity index (χ1n) is 11.4. The summed E-state index contributed by atoms with van der Waals surface area (Å²) in [7, 11) is 0. The molecule has 1 aromatic carbocycles. The number of rotatable bonds is 9. The van der Waals surface area contributed by atoms with Crippen molar-refractivity contribution in [1.29, 1.82) is 0 Å². The Labute approximate surface area is 223 Å². The average Bonchev–Trinajstić information content (AvgIpc) is 3.54. The number of alkyl halides is 3. The molecule has 11 heteroatoms. The summed E-state index contributed by atoms with van der Waals surface area (Å²) in [6, 6.07) is 11.2. The van der Waals surface area contributed by atoms with Gasteiger partial charge in [-0.3, -0.25) is 19.8 Å². The van der Waals surface area contributed by atoms with Gasteiger partial charge in [0.2, 0.25) is 12.4 Å². The van der Waals surface area contributed by atoms with E-state index < -0.39 is 11.7 Å². The third kappa shape index (κ3) is 6.35. The Balaban J connectivity index is 1.38. The fourth-order valence-corrected chi connectivity index (χ4v) is 5.53. The number of aryl methyl sites for hydroxylation is 1. The molecule has 4 aromatic rings. The summed E-state index contributed by atoms with van der Waals surface area (Å²) < 4.78 is 39.4. The van der Waals surface area contributed by atoms with Crippen LogP contribution in [0, 0.1) is 0 Å². The third-order valence-electron chi connectivity index (χ3n) is 5.77. The molecule has 0 fully saturated rings. The van der Waals surface area contributed by atoms with Crippen LogP contribution in [0.4, 0.5) is 13.2 Å². The predicted octanol–water partition coefficient (Wildman–Crippen LogP) is 6.23. The number of hydrogen-bond donors (Lipinski definition) is 2. The van der Waals surface area contributed by atoms with Gasteiger partial charge in [0.15, 0.2) is 11.6 Å². The van der Waals surface area contributed by atoms with Gasteiger partial charge < -0.3 is 5.11 Å². The Morgan fingerprint density at radius 2 is 1.61 bits per heavy atom. The number of benzene rings is 1. The number of thiophene rings is 2. The van der Waals surface area contributed by atoms with E-state index in [9.17, 15) is 33.1 Å². The molecule has 0 saturated carbocycles. The molecule has 6 nitrogen and oxygen atoms in total. The number of hydrogen-bond acceptors (Lipinski definition) is 7. The Kier molecular flexibility index (Phi) is 8.08. The lowest BCUT2D eigenvalue weighted by Crippen LogP contribution is -2.28. The largest absolute Gasteiger partial charge is 0.506 e. The summed E-state index contributed by atoms with van der Waals surface area (Å²) in [4.78, 5) is 30.8. The van der Waals surface area contributed by atoms with E-state index in [1.165, 1.54) is 35.9 Å². The van der Waals surface area contributed by atoms with Crippen LogP contribution in [-0.2, 0) is 12.6 Å². The van der Waals surface area contributed by atoms with Crippen LogP contribution >= 0.6 is 22.7 Å². The molecule has 0 bridgehead atoms. The fraction of sp³-hybridized carbons (Fsp3) is 0.185. The van der Waals surface area contributed by atoms with Crippen molar-refractivity contribution in [2.45, 2.75) is 25.9 Å². The third-order valence-corrected chi connectivity index (χ3v) is 7.95. The number of halogens is 3. The van der Waals surface area contributed by atoms with Crippen LogP contribution in [0.25, 0.3) is 10.4 Å². The quantitative estimate of drug-likeness (QED) is 0.110. The van der Waals surface area contributed by atoms with Gasteiger partial charge in [-0.2, -0.15) is 13.2 Å². The van der Waals surface area contributed by atoms with Crippen molar-refractivity contribution in [3.8, 4) is 16.2 Å². The molecule has 2 N–H and O–H groups in total. The molecule has 0 aliphatic rings. The molecule has 0 atom stereocenters. The number of aliphatic imine (C=N–C) groups is 1. The minimum atomic E-state index is -4.44. The molecule has 0 aliphatic heterocycles. The van der Waals surface area contributed by atoms with E-state index in [-0.39, 0.29) is 30.3 Å². The highest BCUT2D eigenvalue weighted by atomic mass is 32.1. The van der Waals surface area contributed by atoms with Gasteiger partial charge in [-0.05, 0) is 48.7 Å². The highest BCUT2D eigenvalue weighted by Crippen LogP contribution is 2.40. The van der Waals surface area contributed by atoms with E-state index in [0.717, 1.165) is 33.8 Å². The van der Waals surface area contributed by atoms with Crippen LogP contribution in [0.15, 0.2) is 71.3 Å². The molecule has 0 aliphatic carbocycles. The molecular weight excluding hydrogens is 537 g/mol. The molecule has 0 amide bonds. The first kappa shape index (κ1) is 27.2. The number of nitrogens with zero attached hydrogens (tertiary/aromatic N) is 2. The highest BCUT2D eigenvalue weighted by molar-refractivity contribution is 7.16. The van der Waals surface area contributed by atoms with E-state index in [4.69, 9.17) is 0 Å². The molecule has 4 rings (SSSR count). The summed E-state index contributed by atoms with van der Waals surface area (Å²) in [5, 5.41) is 21.6. The van der Waals surface area contributed by atoms with Crippen molar-refractivity contribution in [2.24, 2.45) is 4.99 Å². The normalized spacial score (nSPS) is 12.1. The average molecular weight is 560 g/mol.